The lowest BCUT2D eigenvalue weighted by molar-refractivity contribution is 0.249. The molecular weight excluding hydrogens is 313 g/mol. The predicted molar refractivity (Wildman–Crippen MR) is 89.5 cm³/mol. The Kier molecular flexibility index (Phi) is 5.31. The first-order valence-corrected chi connectivity index (χ1v) is 7.12. The SMILES string of the molecule is COC(=N)c1cnc(NC(=O)N[C@H](C)c2cccc(F)c2)cc1N. The van der Waals surface area contributed by atoms with Crippen molar-refractivity contribution in [2.75, 3.05) is 18.2 Å². The van der Waals surface area contributed by atoms with Gasteiger partial charge in [-0.05, 0) is 24.6 Å². The van der Waals surface area contributed by atoms with Crippen LogP contribution in [0.25, 0.3) is 0 Å². The van der Waals surface area contributed by atoms with E-state index < -0.39 is 6.03 Å². The molecule has 0 spiro atoms. The molecule has 1 heterocycles. The number of aromatic nitrogens is 1. The van der Waals surface area contributed by atoms with Crippen molar-refractivity contribution >= 4 is 23.4 Å². The van der Waals surface area contributed by atoms with Crippen LogP contribution in [0.1, 0.15) is 24.1 Å². The van der Waals surface area contributed by atoms with Crippen LogP contribution in [0.3, 0.4) is 0 Å². The minimum absolute atomic E-state index is 0.115. The van der Waals surface area contributed by atoms with Crippen LogP contribution in [-0.4, -0.2) is 24.0 Å². The molecule has 0 fully saturated rings. The molecule has 0 aliphatic carbocycles. The minimum atomic E-state index is -0.506. The van der Waals surface area contributed by atoms with Gasteiger partial charge in [0.1, 0.15) is 11.6 Å². The van der Waals surface area contributed by atoms with Crippen molar-refractivity contribution < 1.29 is 13.9 Å². The second kappa shape index (κ2) is 7.40. The van der Waals surface area contributed by atoms with Gasteiger partial charge in [-0.1, -0.05) is 12.1 Å². The molecule has 0 radical (unpaired) electrons. The molecule has 1 aromatic heterocycles. The van der Waals surface area contributed by atoms with Crippen LogP contribution in [-0.2, 0) is 4.74 Å². The normalized spacial score (nSPS) is 11.5. The van der Waals surface area contributed by atoms with Gasteiger partial charge >= 0.3 is 6.03 Å². The molecule has 2 amide bonds. The van der Waals surface area contributed by atoms with Crippen molar-refractivity contribution in [2.24, 2.45) is 0 Å². The summed E-state index contributed by atoms with van der Waals surface area (Å²) in [4.78, 5) is 16.0. The van der Waals surface area contributed by atoms with Crippen molar-refractivity contribution in [1.29, 1.82) is 5.41 Å². The molecule has 126 valence electrons. The van der Waals surface area contributed by atoms with E-state index in [1.165, 1.54) is 31.5 Å². The van der Waals surface area contributed by atoms with Gasteiger partial charge in [-0.15, -0.1) is 0 Å². The van der Waals surface area contributed by atoms with Crippen molar-refractivity contribution in [3.8, 4) is 0 Å². The molecule has 0 aliphatic heterocycles. The number of nitrogen functional groups attached to an aromatic ring is 1. The Balaban J connectivity index is 2.02. The molecule has 0 unspecified atom stereocenters. The first-order chi connectivity index (χ1) is 11.4. The summed E-state index contributed by atoms with van der Waals surface area (Å²) in [5, 5.41) is 12.8. The largest absolute Gasteiger partial charge is 0.481 e. The van der Waals surface area contributed by atoms with Gasteiger partial charge in [0.25, 0.3) is 0 Å². The Morgan fingerprint density at radius 3 is 2.79 bits per heavy atom. The average Bonchev–Trinajstić information content (AvgIpc) is 2.54. The van der Waals surface area contributed by atoms with E-state index in [0.29, 0.717) is 11.1 Å². The number of methoxy groups -OCH3 is 1. The van der Waals surface area contributed by atoms with Crippen molar-refractivity contribution in [2.45, 2.75) is 13.0 Å². The summed E-state index contributed by atoms with van der Waals surface area (Å²) in [6.07, 6.45) is 1.34. The number of ether oxygens (including phenoxy) is 1. The Morgan fingerprint density at radius 1 is 1.42 bits per heavy atom. The highest BCUT2D eigenvalue weighted by molar-refractivity contribution is 5.97. The number of urea groups is 1. The molecule has 2 aromatic rings. The number of hydrogen-bond donors (Lipinski definition) is 4. The zero-order chi connectivity index (χ0) is 17.7. The summed E-state index contributed by atoms with van der Waals surface area (Å²) >= 11 is 0. The Labute approximate surface area is 138 Å². The van der Waals surface area contributed by atoms with E-state index in [0.717, 1.165) is 0 Å². The zero-order valence-corrected chi connectivity index (χ0v) is 13.3. The number of carbonyl (C=O) groups is 1. The maximum absolute atomic E-state index is 13.2. The number of anilines is 2. The smallest absolute Gasteiger partial charge is 0.320 e. The van der Waals surface area contributed by atoms with Gasteiger partial charge in [-0.25, -0.2) is 14.2 Å². The number of benzene rings is 1. The number of nitrogens with zero attached hydrogens (tertiary/aromatic N) is 1. The molecule has 0 aliphatic rings. The summed E-state index contributed by atoms with van der Waals surface area (Å²) in [6.45, 7) is 1.74. The van der Waals surface area contributed by atoms with E-state index >= 15 is 0 Å². The summed E-state index contributed by atoms with van der Waals surface area (Å²) in [5.41, 5.74) is 7.03. The summed E-state index contributed by atoms with van der Waals surface area (Å²) in [7, 11) is 1.36. The summed E-state index contributed by atoms with van der Waals surface area (Å²) < 4.78 is 18.0. The van der Waals surface area contributed by atoms with Crippen LogP contribution in [0.4, 0.5) is 20.7 Å². The van der Waals surface area contributed by atoms with E-state index in [1.807, 2.05) is 0 Å². The molecule has 1 atom stereocenters. The fourth-order valence-electron chi connectivity index (χ4n) is 2.05. The predicted octanol–water partition coefficient (Wildman–Crippen LogP) is 2.66. The monoisotopic (exact) mass is 331 g/mol. The molecular formula is C16H18FN5O2. The van der Waals surface area contributed by atoms with Gasteiger partial charge < -0.3 is 15.8 Å². The molecule has 7 nitrogen and oxygen atoms in total. The van der Waals surface area contributed by atoms with E-state index in [9.17, 15) is 9.18 Å². The molecule has 0 bridgehead atoms. The van der Waals surface area contributed by atoms with Gasteiger partial charge in [0, 0.05) is 18.0 Å². The van der Waals surface area contributed by atoms with Crippen LogP contribution >= 0.6 is 0 Å². The third kappa shape index (κ3) is 4.19. The van der Waals surface area contributed by atoms with E-state index in [4.69, 9.17) is 15.9 Å². The number of rotatable bonds is 4. The first kappa shape index (κ1) is 17.2. The average molecular weight is 331 g/mol. The van der Waals surface area contributed by atoms with Crippen LogP contribution < -0.4 is 16.4 Å². The lowest BCUT2D eigenvalue weighted by Crippen LogP contribution is -2.31. The van der Waals surface area contributed by atoms with Crippen LogP contribution in [0.2, 0.25) is 0 Å². The lowest BCUT2D eigenvalue weighted by Gasteiger charge is -2.15. The topological polar surface area (TPSA) is 113 Å². The highest BCUT2D eigenvalue weighted by Crippen LogP contribution is 2.17. The van der Waals surface area contributed by atoms with Crippen LogP contribution in [0, 0.1) is 11.2 Å². The second-order valence-corrected chi connectivity index (χ2v) is 5.07. The molecule has 0 saturated heterocycles. The van der Waals surface area contributed by atoms with Gasteiger partial charge in [0.15, 0.2) is 0 Å². The van der Waals surface area contributed by atoms with Crippen molar-refractivity contribution in [3.63, 3.8) is 0 Å². The van der Waals surface area contributed by atoms with Gasteiger partial charge in [0.05, 0.1) is 18.7 Å². The third-order valence-electron chi connectivity index (χ3n) is 3.32. The summed E-state index contributed by atoms with van der Waals surface area (Å²) in [6, 6.07) is 6.51. The molecule has 2 rings (SSSR count). The maximum Gasteiger partial charge on any atom is 0.320 e. The van der Waals surface area contributed by atoms with Crippen LogP contribution in [0.15, 0.2) is 36.5 Å². The quantitative estimate of drug-likeness (QED) is 0.509. The minimum Gasteiger partial charge on any atom is -0.481 e. The number of hydrogen-bond acceptors (Lipinski definition) is 5. The number of nitrogens with one attached hydrogen (secondary N) is 3. The van der Waals surface area contributed by atoms with Gasteiger partial charge in [-0.2, -0.15) is 0 Å². The third-order valence-corrected chi connectivity index (χ3v) is 3.32. The number of nitrogens with two attached hydrogens (primary N) is 1. The standard InChI is InChI=1S/C16H18FN5O2/c1-9(10-4-3-5-11(17)6-10)21-16(23)22-14-7-13(18)12(8-20-14)15(19)24-2/h3-9,19H,1-2H3,(H4,18,20,21,22,23)/t9-/m1/s1. The zero-order valence-electron chi connectivity index (χ0n) is 13.3. The second-order valence-electron chi connectivity index (χ2n) is 5.07. The fraction of sp³-hybridized carbons (Fsp3) is 0.188. The molecule has 5 N–H and O–H groups in total. The number of carbonyl (C=O) groups excluding carboxylic acids is 1. The van der Waals surface area contributed by atoms with Crippen molar-refractivity contribution in [1.82, 2.24) is 10.3 Å². The van der Waals surface area contributed by atoms with E-state index in [1.54, 1.807) is 19.1 Å². The fourth-order valence-corrected chi connectivity index (χ4v) is 2.05. The number of pyridine rings is 1. The Hall–Kier alpha value is -3.16. The van der Waals surface area contributed by atoms with E-state index in [-0.39, 0.29) is 29.3 Å². The Bertz CT molecular complexity index is 766. The van der Waals surface area contributed by atoms with Crippen molar-refractivity contribution in [3.05, 3.63) is 53.5 Å². The lowest BCUT2D eigenvalue weighted by atomic mass is 10.1. The first-order valence-electron chi connectivity index (χ1n) is 7.12. The molecule has 8 heteroatoms. The van der Waals surface area contributed by atoms with E-state index in [2.05, 4.69) is 15.6 Å². The van der Waals surface area contributed by atoms with Crippen LogP contribution in [0.5, 0.6) is 0 Å². The van der Waals surface area contributed by atoms with Gasteiger partial charge in [0.2, 0.25) is 5.90 Å². The maximum atomic E-state index is 13.2. The highest BCUT2D eigenvalue weighted by Gasteiger charge is 2.12. The molecule has 1 aromatic carbocycles. The summed E-state index contributed by atoms with van der Waals surface area (Å²) in [5.74, 6) is -0.257. The highest BCUT2D eigenvalue weighted by atomic mass is 19.1. The molecule has 24 heavy (non-hydrogen) atoms. The molecule has 0 saturated carbocycles. The number of amides is 2. The Morgan fingerprint density at radius 2 is 2.17 bits per heavy atom. The van der Waals surface area contributed by atoms with Gasteiger partial charge in [-0.3, -0.25) is 10.7 Å². The number of halogens is 1.